The van der Waals surface area contributed by atoms with Gasteiger partial charge in [-0.1, -0.05) is 19.3 Å². The molecule has 12 heavy (non-hydrogen) atoms. The molecule has 2 unspecified atom stereocenters. The second-order valence-electron chi connectivity index (χ2n) is 3.84. The lowest BCUT2D eigenvalue weighted by atomic mass is 9.78. The molecule has 0 amide bonds. The van der Waals surface area contributed by atoms with Gasteiger partial charge in [0, 0.05) is 13.7 Å². The Morgan fingerprint density at radius 3 is 2.50 bits per heavy atom. The van der Waals surface area contributed by atoms with E-state index in [0.717, 1.165) is 25.0 Å². The molecule has 1 fully saturated rings. The average molecular weight is 171 g/mol. The summed E-state index contributed by atoms with van der Waals surface area (Å²) in [4.78, 5) is 0. The van der Waals surface area contributed by atoms with Crippen molar-refractivity contribution in [2.24, 2.45) is 17.6 Å². The lowest BCUT2D eigenvalue weighted by Gasteiger charge is -2.30. The van der Waals surface area contributed by atoms with E-state index in [4.69, 9.17) is 10.5 Å². The van der Waals surface area contributed by atoms with Crippen LogP contribution >= 0.6 is 0 Å². The molecule has 0 spiro atoms. The SMILES string of the molecule is COCC1CCCCC1CCN. The molecule has 0 aromatic heterocycles. The van der Waals surface area contributed by atoms with E-state index in [-0.39, 0.29) is 0 Å². The fourth-order valence-electron chi connectivity index (χ4n) is 2.31. The van der Waals surface area contributed by atoms with Crippen molar-refractivity contribution < 1.29 is 4.74 Å². The van der Waals surface area contributed by atoms with Gasteiger partial charge in [-0.2, -0.15) is 0 Å². The molecule has 2 nitrogen and oxygen atoms in total. The Hall–Kier alpha value is -0.0800. The minimum absolute atomic E-state index is 0.785. The van der Waals surface area contributed by atoms with Gasteiger partial charge >= 0.3 is 0 Å². The number of nitrogens with two attached hydrogens (primary N) is 1. The minimum Gasteiger partial charge on any atom is -0.384 e. The summed E-state index contributed by atoms with van der Waals surface area (Å²) in [5.74, 6) is 1.62. The summed E-state index contributed by atoms with van der Waals surface area (Å²) < 4.78 is 5.22. The molecule has 1 saturated carbocycles. The topological polar surface area (TPSA) is 35.2 Å². The van der Waals surface area contributed by atoms with Crippen molar-refractivity contribution in [2.45, 2.75) is 32.1 Å². The molecule has 0 aliphatic heterocycles. The summed E-state index contributed by atoms with van der Waals surface area (Å²) >= 11 is 0. The Morgan fingerprint density at radius 2 is 1.92 bits per heavy atom. The minimum atomic E-state index is 0.785. The number of methoxy groups -OCH3 is 1. The van der Waals surface area contributed by atoms with Crippen LogP contribution in [-0.4, -0.2) is 20.3 Å². The van der Waals surface area contributed by atoms with Crippen molar-refractivity contribution in [3.63, 3.8) is 0 Å². The molecule has 1 aliphatic rings. The van der Waals surface area contributed by atoms with Gasteiger partial charge in [0.1, 0.15) is 0 Å². The van der Waals surface area contributed by atoms with Crippen LogP contribution in [0.15, 0.2) is 0 Å². The van der Waals surface area contributed by atoms with Crippen molar-refractivity contribution in [3.05, 3.63) is 0 Å². The van der Waals surface area contributed by atoms with Gasteiger partial charge in [0.2, 0.25) is 0 Å². The molecule has 2 heteroatoms. The third-order valence-corrected chi connectivity index (χ3v) is 2.98. The Balaban J connectivity index is 2.31. The Bertz CT molecular complexity index is 98.4. The van der Waals surface area contributed by atoms with Crippen LogP contribution in [0.25, 0.3) is 0 Å². The standard InChI is InChI=1S/C10H21NO/c1-12-8-10-5-3-2-4-9(10)6-7-11/h9-10H,2-8,11H2,1H3. The maximum Gasteiger partial charge on any atom is 0.0493 e. The smallest absolute Gasteiger partial charge is 0.0493 e. The van der Waals surface area contributed by atoms with E-state index in [2.05, 4.69) is 0 Å². The van der Waals surface area contributed by atoms with Crippen LogP contribution < -0.4 is 5.73 Å². The van der Waals surface area contributed by atoms with Gasteiger partial charge in [-0.3, -0.25) is 0 Å². The zero-order valence-electron chi connectivity index (χ0n) is 8.09. The zero-order valence-corrected chi connectivity index (χ0v) is 8.09. The quantitative estimate of drug-likeness (QED) is 0.700. The molecule has 0 radical (unpaired) electrons. The van der Waals surface area contributed by atoms with E-state index in [1.807, 2.05) is 0 Å². The Kier molecular flexibility index (Phi) is 4.62. The van der Waals surface area contributed by atoms with Crippen LogP contribution in [0.2, 0.25) is 0 Å². The summed E-state index contributed by atoms with van der Waals surface area (Å²) in [5.41, 5.74) is 5.58. The fourth-order valence-corrected chi connectivity index (χ4v) is 2.31. The molecular formula is C10H21NO. The maximum atomic E-state index is 5.58. The predicted molar refractivity (Wildman–Crippen MR) is 51.0 cm³/mol. The first-order valence-electron chi connectivity index (χ1n) is 5.07. The van der Waals surface area contributed by atoms with E-state index < -0.39 is 0 Å². The number of rotatable bonds is 4. The van der Waals surface area contributed by atoms with Gasteiger partial charge in [0.05, 0.1) is 0 Å². The first-order chi connectivity index (χ1) is 5.88. The van der Waals surface area contributed by atoms with Gasteiger partial charge in [-0.05, 0) is 31.2 Å². The summed E-state index contributed by atoms with van der Waals surface area (Å²) in [7, 11) is 1.80. The zero-order chi connectivity index (χ0) is 8.81. The normalized spacial score (nSPS) is 30.5. The van der Waals surface area contributed by atoms with Crippen LogP contribution in [0.3, 0.4) is 0 Å². The summed E-state index contributed by atoms with van der Waals surface area (Å²) in [6.07, 6.45) is 6.68. The van der Waals surface area contributed by atoms with Crippen LogP contribution in [0.4, 0.5) is 0 Å². The van der Waals surface area contributed by atoms with Crippen molar-refractivity contribution in [3.8, 4) is 0 Å². The van der Waals surface area contributed by atoms with E-state index in [1.54, 1.807) is 7.11 Å². The molecule has 2 N–H and O–H groups in total. The Labute approximate surface area is 75.5 Å². The van der Waals surface area contributed by atoms with Crippen molar-refractivity contribution >= 4 is 0 Å². The molecule has 72 valence electrons. The number of hydrogen-bond acceptors (Lipinski definition) is 2. The molecule has 0 bridgehead atoms. The summed E-state index contributed by atoms with van der Waals surface area (Å²) in [6.45, 7) is 1.77. The van der Waals surface area contributed by atoms with E-state index in [1.165, 1.54) is 32.1 Å². The highest BCUT2D eigenvalue weighted by Crippen LogP contribution is 2.31. The molecular weight excluding hydrogens is 150 g/mol. The van der Waals surface area contributed by atoms with Crippen LogP contribution in [-0.2, 0) is 4.74 Å². The highest BCUT2D eigenvalue weighted by molar-refractivity contribution is 4.75. The van der Waals surface area contributed by atoms with Gasteiger partial charge in [0.25, 0.3) is 0 Å². The molecule has 1 aliphatic carbocycles. The molecule has 2 atom stereocenters. The highest BCUT2D eigenvalue weighted by Gasteiger charge is 2.23. The monoisotopic (exact) mass is 171 g/mol. The third-order valence-electron chi connectivity index (χ3n) is 2.98. The molecule has 0 aromatic carbocycles. The molecule has 1 rings (SSSR count). The second-order valence-corrected chi connectivity index (χ2v) is 3.84. The summed E-state index contributed by atoms with van der Waals surface area (Å²) in [6, 6.07) is 0. The van der Waals surface area contributed by atoms with Crippen molar-refractivity contribution in [1.82, 2.24) is 0 Å². The van der Waals surface area contributed by atoms with Crippen LogP contribution in [0.1, 0.15) is 32.1 Å². The second kappa shape index (κ2) is 5.55. The molecule has 0 aromatic rings. The number of ether oxygens (including phenoxy) is 1. The lowest BCUT2D eigenvalue weighted by molar-refractivity contribution is 0.0914. The molecule has 0 heterocycles. The predicted octanol–water partition coefficient (Wildman–Crippen LogP) is 1.79. The van der Waals surface area contributed by atoms with Gasteiger partial charge in [-0.15, -0.1) is 0 Å². The van der Waals surface area contributed by atoms with Gasteiger partial charge < -0.3 is 10.5 Å². The van der Waals surface area contributed by atoms with Crippen molar-refractivity contribution in [1.29, 1.82) is 0 Å². The summed E-state index contributed by atoms with van der Waals surface area (Å²) in [5, 5.41) is 0. The highest BCUT2D eigenvalue weighted by atomic mass is 16.5. The third kappa shape index (κ3) is 2.76. The van der Waals surface area contributed by atoms with E-state index >= 15 is 0 Å². The lowest BCUT2D eigenvalue weighted by Crippen LogP contribution is -2.25. The first-order valence-corrected chi connectivity index (χ1v) is 5.07. The number of hydrogen-bond donors (Lipinski definition) is 1. The van der Waals surface area contributed by atoms with Crippen molar-refractivity contribution in [2.75, 3.05) is 20.3 Å². The molecule has 0 saturated heterocycles. The van der Waals surface area contributed by atoms with Gasteiger partial charge in [-0.25, -0.2) is 0 Å². The van der Waals surface area contributed by atoms with Crippen LogP contribution in [0.5, 0.6) is 0 Å². The largest absolute Gasteiger partial charge is 0.384 e. The van der Waals surface area contributed by atoms with Crippen LogP contribution in [0, 0.1) is 11.8 Å². The average Bonchev–Trinajstić information content (AvgIpc) is 2.09. The first kappa shape index (κ1) is 10.0. The fraction of sp³-hybridized carbons (Fsp3) is 1.00. The van der Waals surface area contributed by atoms with E-state index in [0.29, 0.717) is 0 Å². The van der Waals surface area contributed by atoms with Gasteiger partial charge in [0.15, 0.2) is 0 Å². The van der Waals surface area contributed by atoms with E-state index in [9.17, 15) is 0 Å². The maximum absolute atomic E-state index is 5.58. The Morgan fingerprint density at radius 1 is 1.25 bits per heavy atom.